The first kappa shape index (κ1) is 37.3. The van der Waals surface area contributed by atoms with Gasteiger partial charge in [0.1, 0.15) is 0 Å². The molecular weight excluding hydrogens is 681 g/mol. The fourth-order valence-corrected chi connectivity index (χ4v) is 32.4. The summed E-state index contributed by atoms with van der Waals surface area (Å²) in [5.41, 5.74) is 3.88. The summed E-state index contributed by atoms with van der Waals surface area (Å²) in [7, 11) is -17.7. The van der Waals surface area contributed by atoms with E-state index in [0.29, 0.717) is 0 Å². The van der Waals surface area contributed by atoms with Gasteiger partial charge >= 0.3 is 25.9 Å². The van der Waals surface area contributed by atoms with Crippen LogP contribution < -0.4 is 20.7 Å². The van der Waals surface area contributed by atoms with Crippen LogP contribution in [0.1, 0.15) is 0 Å². The molecule has 47 heavy (non-hydrogen) atoms. The Balaban J connectivity index is 2.03. The third-order valence-electron chi connectivity index (χ3n) is 8.01. The third kappa shape index (κ3) is 9.34. The van der Waals surface area contributed by atoms with Crippen LogP contribution in [0.2, 0.25) is 52.4 Å². The Kier molecular flexibility index (Phi) is 11.8. The van der Waals surface area contributed by atoms with Crippen molar-refractivity contribution in [3.63, 3.8) is 0 Å². The lowest BCUT2D eigenvalue weighted by molar-refractivity contribution is 0.222. The zero-order chi connectivity index (χ0) is 34.4. The van der Waals surface area contributed by atoms with E-state index in [0.717, 1.165) is 20.7 Å². The van der Waals surface area contributed by atoms with Gasteiger partial charge in [-0.1, -0.05) is 133 Å². The molecule has 0 spiro atoms. The van der Waals surface area contributed by atoms with Crippen molar-refractivity contribution in [3.8, 4) is 0 Å². The van der Waals surface area contributed by atoms with Crippen LogP contribution in [0.25, 0.3) is 0 Å². The van der Waals surface area contributed by atoms with Crippen LogP contribution in [0.5, 0.6) is 0 Å². The maximum absolute atomic E-state index is 7.94. The van der Waals surface area contributed by atoms with E-state index in [1.807, 2.05) is 42.2 Å². The summed E-state index contributed by atoms with van der Waals surface area (Å²) in [5, 5.41) is 4.28. The molecule has 11 heteroatoms. The average molecular weight is 731 g/mol. The molecule has 5 nitrogen and oxygen atoms in total. The highest BCUT2D eigenvalue weighted by atomic mass is 28.5. The molecule has 4 aromatic rings. The minimum Gasteiger partial charge on any atom is -0.433 e. The highest BCUT2D eigenvalue weighted by Gasteiger charge is 2.58. The molecule has 0 aromatic heterocycles. The average Bonchev–Trinajstić information content (AvgIpc) is 3.05. The minimum atomic E-state index is -3.64. The van der Waals surface area contributed by atoms with Crippen molar-refractivity contribution in [2.24, 2.45) is 0 Å². The van der Waals surface area contributed by atoms with Crippen molar-refractivity contribution in [2.75, 3.05) is 0 Å². The normalized spacial score (nSPS) is 14.3. The van der Waals surface area contributed by atoms with E-state index in [1.54, 1.807) is 0 Å². The van der Waals surface area contributed by atoms with Crippen LogP contribution in [0.4, 0.5) is 0 Å². The molecule has 0 radical (unpaired) electrons. The topological polar surface area (TPSA) is 46.2 Å². The summed E-state index contributed by atoms with van der Waals surface area (Å²) >= 11 is 0. The highest BCUT2D eigenvalue weighted by molar-refractivity contribution is 7.08. The van der Waals surface area contributed by atoms with Gasteiger partial charge in [0, 0.05) is 6.55 Å². The molecule has 0 bridgehead atoms. The molecule has 0 saturated heterocycles. The highest BCUT2D eigenvalue weighted by Crippen LogP contribution is 2.30. The van der Waals surface area contributed by atoms with Crippen LogP contribution in [-0.4, -0.2) is 50.9 Å². The molecular formula is C36H50O5Si6. The fourth-order valence-electron chi connectivity index (χ4n) is 5.81. The molecule has 0 aliphatic carbocycles. The maximum atomic E-state index is 7.94. The van der Waals surface area contributed by atoms with Gasteiger partial charge in [0.25, 0.3) is 0 Å². The SMILES string of the molecule is C=C[Si](C)(C)O[Si](C)(C)O[Si](C)(O[Si](C)(C)C=C)O[Si](O[Si](C)(c1ccccc1)c1ccccc1)(c1ccccc1)c1ccccc1. The molecule has 4 aromatic carbocycles. The van der Waals surface area contributed by atoms with Gasteiger partial charge in [0.05, 0.1) is 0 Å². The van der Waals surface area contributed by atoms with Gasteiger partial charge in [0.15, 0.2) is 8.32 Å². The Morgan fingerprint density at radius 3 is 1.11 bits per heavy atom. The molecule has 0 fully saturated rings. The van der Waals surface area contributed by atoms with Crippen LogP contribution in [0.3, 0.4) is 0 Å². The van der Waals surface area contributed by atoms with E-state index in [2.05, 4.69) is 156 Å². The second-order valence-corrected chi connectivity index (χ2v) is 34.9. The molecule has 0 heterocycles. The number of benzene rings is 4. The molecule has 248 valence electrons. The quantitative estimate of drug-likeness (QED) is 0.118. The minimum absolute atomic E-state index is 0.988. The Labute approximate surface area is 289 Å². The summed E-state index contributed by atoms with van der Waals surface area (Å²) in [6.07, 6.45) is 0. The number of rotatable bonds is 16. The predicted molar refractivity (Wildman–Crippen MR) is 212 cm³/mol. The zero-order valence-corrected chi connectivity index (χ0v) is 35.2. The first-order chi connectivity index (χ1) is 22.1. The largest absolute Gasteiger partial charge is 0.470 e. The second kappa shape index (κ2) is 14.9. The summed E-state index contributed by atoms with van der Waals surface area (Å²) in [5.74, 6) is 0. The van der Waals surface area contributed by atoms with E-state index in [-0.39, 0.29) is 0 Å². The van der Waals surface area contributed by atoms with E-state index in [4.69, 9.17) is 20.6 Å². The number of hydrogen-bond acceptors (Lipinski definition) is 5. The molecule has 0 amide bonds. The van der Waals surface area contributed by atoms with Gasteiger partial charge in [-0.05, 0) is 66.6 Å². The zero-order valence-electron chi connectivity index (χ0n) is 29.2. The standard InChI is InChI=1S/C36H50O5Si6/c1-11-42(3,4)37-44(7,8)39-46(10,38-43(5,6)12-2)41-47(35-29-21-15-22-30-35,36-31-23-16-24-32-36)40-45(9,33-25-17-13-18-26-33)34-27-19-14-20-28-34/h11-32H,1-2H2,3-10H3. The molecule has 0 N–H and O–H groups in total. The summed E-state index contributed by atoms with van der Waals surface area (Å²) < 4.78 is 36.7. The van der Waals surface area contributed by atoms with Crippen LogP contribution >= 0.6 is 0 Å². The molecule has 1 atom stereocenters. The monoisotopic (exact) mass is 730 g/mol. The van der Waals surface area contributed by atoms with Crippen molar-refractivity contribution >= 4 is 71.6 Å². The summed E-state index contributed by atoms with van der Waals surface area (Å²) in [4.78, 5) is 0. The Hall–Kier alpha value is -2.54. The molecule has 0 aliphatic heterocycles. The molecule has 0 saturated carbocycles. The maximum Gasteiger partial charge on any atom is 0.470 e. The van der Waals surface area contributed by atoms with Crippen LogP contribution in [0.15, 0.2) is 146 Å². The summed E-state index contributed by atoms with van der Waals surface area (Å²) in [6.45, 7) is 25.2. The lowest BCUT2D eigenvalue weighted by Gasteiger charge is -2.47. The van der Waals surface area contributed by atoms with Crippen molar-refractivity contribution in [3.05, 3.63) is 146 Å². The van der Waals surface area contributed by atoms with Crippen LogP contribution in [0, 0.1) is 0 Å². The molecule has 4 rings (SSSR count). The van der Waals surface area contributed by atoms with Crippen molar-refractivity contribution in [1.29, 1.82) is 0 Å². The van der Waals surface area contributed by atoms with Gasteiger partial charge < -0.3 is 20.6 Å². The van der Waals surface area contributed by atoms with Crippen LogP contribution in [-0.2, 0) is 20.6 Å². The lowest BCUT2D eigenvalue weighted by atomic mass is 10.4. The first-order valence-electron chi connectivity index (χ1n) is 16.1. The lowest BCUT2D eigenvalue weighted by Crippen LogP contribution is -2.76. The van der Waals surface area contributed by atoms with E-state index < -0.39 is 50.9 Å². The predicted octanol–water partition coefficient (Wildman–Crippen LogP) is 6.85. The Bertz CT molecular complexity index is 1530. The van der Waals surface area contributed by atoms with Crippen molar-refractivity contribution < 1.29 is 20.6 Å². The Morgan fingerprint density at radius 2 is 0.745 bits per heavy atom. The Morgan fingerprint density at radius 1 is 0.404 bits per heavy atom. The third-order valence-corrected chi connectivity index (χ3v) is 31.6. The summed E-state index contributed by atoms with van der Waals surface area (Å²) in [6, 6.07) is 41.9. The molecule has 1 unspecified atom stereocenters. The van der Waals surface area contributed by atoms with Gasteiger partial charge in [-0.3, -0.25) is 0 Å². The first-order valence-corrected chi connectivity index (χ1v) is 31.3. The van der Waals surface area contributed by atoms with E-state index >= 15 is 0 Å². The second-order valence-electron chi connectivity index (χ2n) is 13.5. The van der Waals surface area contributed by atoms with Gasteiger partial charge in [-0.2, -0.15) is 0 Å². The van der Waals surface area contributed by atoms with E-state index in [1.165, 1.54) is 0 Å². The van der Waals surface area contributed by atoms with Crippen molar-refractivity contribution in [2.45, 2.75) is 52.4 Å². The number of hydrogen-bond donors (Lipinski definition) is 0. The fraction of sp³-hybridized carbons (Fsp3) is 0.222. The van der Waals surface area contributed by atoms with Crippen molar-refractivity contribution in [1.82, 2.24) is 0 Å². The smallest absolute Gasteiger partial charge is 0.433 e. The molecule has 0 aliphatic rings. The van der Waals surface area contributed by atoms with Gasteiger partial charge in [0.2, 0.25) is 16.6 Å². The van der Waals surface area contributed by atoms with Gasteiger partial charge in [-0.15, -0.1) is 13.2 Å². The van der Waals surface area contributed by atoms with Gasteiger partial charge in [-0.25, -0.2) is 0 Å². The van der Waals surface area contributed by atoms with E-state index in [9.17, 15) is 0 Å².